The molecular weight excluding hydrogens is 260 g/mol. The molecule has 0 radical (unpaired) electrons. The summed E-state index contributed by atoms with van der Waals surface area (Å²) in [4.78, 5) is 3.87. The van der Waals surface area contributed by atoms with Gasteiger partial charge in [0.1, 0.15) is 0 Å². The summed E-state index contributed by atoms with van der Waals surface area (Å²) in [6.07, 6.45) is 1.14. The maximum Gasteiger partial charge on any atom is 0.0730 e. The van der Waals surface area contributed by atoms with Crippen molar-refractivity contribution < 1.29 is 0 Å². The summed E-state index contributed by atoms with van der Waals surface area (Å²) in [6, 6.07) is 2.65. The molecule has 0 saturated carbocycles. The second-order valence-corrected chi connectivity index (χ2v) is 6.41. The average molecular weight is 275 g/mol. The largest absolute Gasteiger partial charge is 0.326 e. The van der Waals surface area contributed by atoms with Gasteiger partial charge < -0.3 is 5.73 Å². The Kier molecular flexibility index (Phi) is 3.27. The summed E-state index contributed by atoms with van der Waals surface area (Å²) >= 11 is 5.39. The van der Waals surface area contributed by atoms with E-state index in [1.54, 1.807) is 0 Å². The van der Waals surface area contributed by atoms with Gasteiger partial charge in [0.05, 0.1) is 3.79 Å². The lowest BCUT2D eigenvalue weighted by Crippen LogP contribution is -2.25. The zero-order valence-corrected chi connectivity index (χ0v) is 10.7. The van der Waals surface area contributed by atoms with E-state index in [1.165, 1.54) is 14.2 Å². The molecule has 4 heteroatoms. The minimum Gasteiger partial charge on any atom is -0.326 e. The van der Waals surface area contributed by atoms with Crippen LogP contribution >= 0.6 is 27.3 Å². The van der Waals surface area contributed by atoms with E-state index in [9.17, 15) is 0 Å². The van der Waals surface area contributed by atoms with E-state index in [-0.39, 0.29) is 0 Å². The Labute approximate surface area is 97.2 Å². The van der Waals surface area contributed by atoms with Crippen LogP contribution in [0.3, 0.4) is 0 Å². The predicted molar refractivity (Wildman–Crippen MR) is 64.6 cm³/mol. The van der Waals surface area contributed by atoms with E-state index in [1.807, 2.05) is 11.3 Å². The molecule has 2 nitrogen and oxygen atoms in total. The highest BCUT2D eigenvalue weighted by Crippen LogP contribution is 2.28. The van der Waals surface area contributed by atoms with Gasteiger partial charge in [-0.05, 0) is 40.9 Å². The van der Waals surface area contributed by atoms with Crippen LogP contribution in [0.2, 0.25) is 0 Å². The maximum absolute atomic E-state index is 5.87. The fourth-order valence-electron chi connectivity index (χ4n) is 1.83. The molecule has 1 atom stereocenters. The second-order valence-electron chi connectivity index (χ2n) is 3.95. The first-order chi connectivity index (χ1) is 6.65. The van der Waals surface area contributed by atoms with Gasteiger partial charge in [-0.2, -0.15) is 0 Å². The van der Waals surface area contributed by atoms with Crippen LogP contribution in [0.1, 0.15) is 16.9 Å². The first kappa shape index (κ1) is 10.6. The fraction of sp³-hybridized carbons (Fsp3) is 0.600. The Morgan fingerprint density at radius 1 is 1.71 bits per heavy atom. The molecule has 1 aliphatic heterocycles. The van der Waals surface area contributed by atoms with Crippen molar-refractivity contribution >= 4 is 27.3 Å². The Bertz CT molecular complexity index is 304. The van der Waals surface area contributed by atoms with E-state index < -0.39 is 0 Å². The van der Waals surface area contributed by atoms with Crippen LogP contribution in [0.5, 0.6) is 0 Å². The van der Waals surface area contributed by atoms with Crippen LogP contribution in [0, 0.1) is 6.92 Å². The van der Waals surface area contributed by atoms with Crippen molar-refractivity contribution in [3.05, 3.63) is 20.3 Å². The third kappa shape index (κ3) is 2.37. The summed E-state index contributed by atoms with van der Waals surface area (Å²) in [7, 11) is 0. The van der Waals surface area contributed by atoms with Crippen LogP contribution in [0.15, 0.2) is 9.85 Å². The molecule has 1 aromatic heterocycles. The van der Waals surface area contributed by atoms with Crippen molar-refractivity contribution in [2.45, 2.75) is 25.9 Å². The third-order valence-corrected chi connectivity index (χ3v) is 4.72. The summed E-state index contributed by atoms with van der Waals surface area (Å²) < 4.78 is 1.26. The molecule has 78 valence electrons. The quantitative estimate of drug-likeness (QED) is 0.897. The number of aryl methyl sites for hydroxylation is 1. The standard InChI is InChI=1S/C10H15BrN2S/c1-7-4-9(14-10(7)11)6-13-3-2-8(12)5-13/h4,8H,2-3,5-6,12H2,1H3/t8-/m0/s1. The molecule has 2 N–H and O–H groups in total. The summed E-state index contributed by atoms with van der Waals surface area (Å²) in [5.74, 6) is 0. The molecule has 0 amide bonds. The molecule has 1 fully saturated rings. The van der Waals surface area contributed by atoms with Gasteiger partial charge in [-0.25, -0.2) is 0 Å². The molecule has 1 aromatic rings. The van der Waals surface area contributed by atoms with Crippen molar-refractivity contribution in [3.63, 3.8) is 0 Å². The molecular formula is C10H15BrN2S. The van der Waals surface area contributed by atoms with E-state index in [2.05, 4.69) is 33.8 Å². The first-order valence-corrected chi connectivity index (χ1v) is 6.49. The molecule has 2 heterocycles. The lowest BCUT2D eigenvalue weighted by atomic mass is 10.3. The minimum atomic E-state index is 0.388. The van der Waals surface area contributed by atoms with Crippen molar-refractivity contribution in [1.82, 2.24) is 4.90 Å². The zero-order valence-electron chi connectivity index (χ0n) is 8.29. The molecule has 0 aromatic carbocycles. The Balaban J connectivity index is 1.97. The lowest BCUT2D eigenvalue weighted by molar-refractivity contribution is 0.330. The van der Waals surface area contributed by atoms with Crippen molar-refractivity contribution in [2.24, 2.45) is 5.73 Å². The monoisotopic (exact) mass is 274 g/mol. The van der Waals surface area contributed by atoms with Crippen LogP contribution in [0.4, 0.5) is 0 Å². The summed E-state index contributed by atoms with van der Waals surface area (Å²) in [6.45, 7) is 5.40. The van der Waals surface area contributed by atoms with Crippen molar-refractivity contribution in [2.75, 3.05) is 13.1 Å². The first-order valence-electron chi connectivity index (χ1n) is 4.88. The summed E-state index contributed by atoms with van der Waals surface area (Å²) in [5.41, 5.74) is 7.21. The number of halogens is 1. The topological polar surface area (TPSA) is 29.3 Å². The maximum atomic E-state index is 5.87. The molecule has 2 rings (SSSR count). The van der Waals surface area contributed by atoms with Crippen molar-refractivity contribution in [3.8, 4) is 0 Å². The number of nitrogens with two attached hydrogens (primary N) is 1. The van der Waals surface area contributed by atoms with Crippen LogP contribution in [0.25, 0.3) is 0 Å². The summed E-state index contributed by atoms with van der Waals surface area (Å²) in [5, 5.41) is 0. The number of nitrogens with zero attached hydrogens (tertiary/aromatic N) is 1. The van der Waals surface area contributed by atoms with Gasteiger partial charge in [0.15, 0.2) is 0 Å². The van der Waals surface area contributed by atoms with Crippen LogP contribution in [-0.2, 0) is 6.54 Å². The third-order valence-electron chi connectivity index (χ3n) is 2.60. The second kappa shape index (κ2) is 4.31. The number of hydrogen-bond donors (Lipinski definition) is 1. The molecule has 1 saturated heterocycles. The van der Waals surface area contributed by atoms with E-state index in [4.69, 9.17) is 5.73 Å². The molecule has 1 aliphatic rings. The smallest absolute Gasteiger partial charge is 0.0730 e. The molecule has 0 aliphatic carbocycles. The fourth-order valence-corrected chi connectivity index (χ4v) is 3.50. The SMILES string of the molecule is Cc1cc(CN2CC[C@H](N)C2)sc1Br. The average Bonchev–Trinajstić information content (AvgIpc) is 2.62. The molecule has 0 bridgehead atoms. The minimum absolute atomic E-state index is 0.388. The Hall–Kier alpha value is 0.100. The van der Waals surface area contributed by atoms with Gasteiger partial charge in [0, 0.05) is 30.6 Å². The lowest BCUT2D eigenvalue weighted by Gasteiger charge is -2.13. The highest BCUT2D eigenvalue weighted by molar-refractivity contribution is 9.11. The van der Waals surface area contributed by atoms with Gasteiger partial charge >= 0.3 is 0 Å². The highest BCUT2D eigenvalue weighted by atomic mass is 79.9. The van der Waals surface area contributed by atoms with Gasteiger partial charge in [0.2, 0.25) is 0 Å². The van der Waals surface area contributed by atoms with Gasteiger partial charge in [-0.1, -0.05) is 0 Å². The zero-order chi connectivity index (χ0) is 10.1. The molecule has 14 heavy (non-hydrogen) atoms. The Morgan fingerprint density at radius 3 is 3.00 bits per heavy atom. The number of thiophene rings is 1. The number of rotatable bonds is 2. The molecule has 0 spiro atoms. The highest BCUT2D eigenvalue weighted by Gasteiger charge is 2.19. The van der Waals surface area contributed by atoms with Gasteiger partial charge in [-0.15, -0.1) is 11.3 Å². The van der Waals surface area contributed by atoms with Gasteiger partial charge in [0.25, 0.3) is 0 Å². The van der Waals surface area contributed by atoms with Crippen molar-refractivity contribution in [1.29, 1.82) is 0 Å². The van der Waals surface area contributed by atoms with E-state index in [0.29, 0.717) is 6.04 Å². The van der Waals surface area contributed by atoms with Crippen LogP contribution in [-0.4, -0.2) is 24.0 Å². The van der Waals surface area contributed by atoms with Gasteiger partial charge in [-0.3, -0.25) is 4.90 Å². The molecule has 0 unspecified atom stereocenters. The number of likely N-dealkylation sites (tertiary alicyclic amines) is 1. The predicted octanol–water partition coefficient (Wildman–Crippen LogP) is 2.35. The number of hydrogen-bond acceptors (Lipinski definition) is 3. The Morgan fingerprint density at radius 2 is 2.50 bits per heavy atom. The van der Waals surface area contributed by atoms with E-state index >= 15 is 0 Å². The normalized spacial score (nSPS) is 23.2. The van der Waals surface area contributed by atoms with E-state index in [0.717, 1.165) is 26.1 Å². The van der Waals surface area contributed by atoms with Crippen LogP contribution < -0.4 is 5.73 Å².